The molecule has 0 saturated heterocycles. The summed E-state index contributed by atoms with van der Waals surface area (Å²) >= 11 is 1.43. The van der Waals surface area contributed by atoms with Crippen molar-refractivity contribution in [2.24, 2.45) is 0 Å². The molecule has 17 heavy (non-hydrogen) atoms. The van der Waals surface area contributed by atoms with Gasteiger partial charge in [-0.25, -0.2) is 0 Å². The van der Waals surface area contributed by atoms with Crippen LogP contribution >= 0.6 is 11.3 Å². The lowest BCUT2D eigenvalue weighted by Gasteiger charge is -2.16. The number of carbonyl (C=O) groups excluding carboxylic acids is 1. The van der Waals surface area contributed by atoms with Gasteiger partial charge in [0.15, 0.2) is 6.10 Å². The van der Waals surface area contributed by atoms with E-state index in [1.54, 1.807) is 4.90 Å². The second-order valence-corrected chi connectivity index (χ2v) is 4.93. The third-order valence-electron chi connectivity index (χ3n) is 2.90. The minimum absolute atomic E-state index is 0.226. The van der Waals surface area contributed by atoms with Gasteiger partial charge in [-0.2, -0.15) is 0 Å². The molecule has 3 nitrogen and oxygen atoms in total. The summed E-state index contributed by atoms with van der Waals surface area (Å²) in [4.78, 5) is 14.3. The lowest BCUT2D eigenvalue weighted by Crippen LogP contribution is -2.28. The van der Waals surface area contributed by atoms with Crippen molar-refractivity contribution in [1.29, 1.82) is 0 Å². The van der Waals surface area contributed by atoms with Crippen molar-refractivity contribution in [3.8, 4) is 0 Å². The van der Waals surface area contributed by atoms with Gasteiger partial charge in [0.05, 0.1) is 17.1 Å². The predicted molar refractivity (Wildman–Crippen MR) is 66.9 cm³/mol. The minimum Gasteiger partial charge on any atom is -0.378 e. The zero-order chi connectivity index (χ0) is 11.8. The molecule has 0 fully saturated rings. The van der Waals surface area contributed by atoms with Gasteiger partial charge in [-0.1, -0.05) is 30.3 Å². The summed E-state index contributed by atoms with van der Waals surface area (Å²) in [5, 5.41) is 11.7. The van der Waals surface area contributed by atoms with Crippen molar-refractivity contribution in [3.05, 3.63) is 52.2 Å². The highest BCUT2D eigenvalue weighted by atomic mass is 32.1. The first kappa shape index (κ1) is 10.5. The van der Waals surface area contributed by atoms with Crippen LogP contribution in [0.3, 0.4) is 0 Å². The number of thiophene rings is 1. The zero-order valence-electron chi connectivity index (χ0n) is 9.04. The fraction of sp³-hybridized carbons (Fsp3) is 0.154. The van der Waals surface area contributed by atoms with Crippen LogP contribution < -0.4 is 4.90 Å². The maximum atomic E-state index is 11.9. The summed E-state index contributed by atoms with van der Waals surface area (Å²) in [6, 6.07) is 11.7. The molecule has 1 unspecified atom stereocenters. The molecule has 1 aromatic carbocycles. The number of amides is 1. The van der Waals surface area contributed by atoms with Crippen LogP contribution in [0.15, 0.2) is 41.8 Å². The van der Waals surface area contributed by atoms with Gasteiger partial charge in [-0.05, 0) is 17.0 Å². The first-order valence-electron chi connectivity index (χ1n) is 5.38. The fourth-order valence-corrected chi connectivity index (χ4v) is 2.92. The molecule has 4 heteroatoms. The van der Waals surface area contributed by atoms with E-state index in [0.29, 0.717) is 6.54 Å². The number of nitrogens with zero attached hydrogens (tertiary/aromatic N) is 1. The van der Waals surface area contributed by atoms with E-state index in [9.17, 15) is 9.90 Å². The molecule has 1 aromatic heterocycles. The number of hydrogen-bond donors (Lipinski definition) is 1. The summed E-state index contributed by atoms with van der Waals surface area (Å²) in [5.41, 5.74) is 1.91. The van der Waals surface area contributed by atoms with Crippen LogP contribution in [0, 0.1) is 0 Å². The lowest BCUT2D eigenvalue weighted by molar-refractivity contribution is -0.125. The summed E-state index contributed by atoms with van der Waals surface area (Å²) in [5.74, 6) is -0.226. The molecular formula is C13H11NO2S. The third-order valence-corrected chi connectivity index (χ3v) is 3.85. The van der Waals surface area contributed by atoms with Crippen LogP contribution in [-0.2, 0) is 11.3 Å². The van der Waals surface area contributed by atoms with E-state index >= 15 is 0 Å². The molecule has 0 saturated carbocycles. The van der Waals surface area contributed by atoms with Gasteiger partial charge in [-0.15, -0.1) is 11.3 Å². The molecular weight excluding hydrogens is 234 g/mol. The highest BCUT2D eigenvalue weighted by molar-refractivity contribution is 7.11. The Morgan fingerprint density at radius 1 is 1.24 bits per heavy atom. The molecule has 0 aliphatic carbocycles. The highest BCUT2D eigenvalue weighted by Crippen LogP contribution is 2.40. The maximum absolute atomic E-state index is 11.9. The van der Waals surface area contributed by atoms with Gasteiger partial charge in [0.2, 0.25) is 0 Å². The normalized spacial score (nSPS) is 18.5. The molecule has 3 rings (SSSR count). The molecule has 86 valence electrons. The number of aliphatic hydroxyl groups is 1. The standard InChI is InChI=1S/C13H11NO2S/c15-11-12-10(6-7-17-12)14(13(11)16)8-9-4-2-1-3-5-9/h1-7,11,15H,8H2. The Labute approximate surface area is 103 Å². The van der Waals surface area contributed by atoms with Gasteiger partial charge in [-0.3, -0.25) is 4.79 Å². The fourth-order valence-electron chi connectivity index (χ4n) is 2.05. The smallest absolute Gasteiger partial charge is 0.261 e. The van der Waals surface area contributed by atoms with Crippen LogP contribution in [0.4, 0.5) is 5.69 Å². The molecule has 0 bridgehead atoms. The van der Waals surface area contributed by atoms with Crippen molar-refractivity contribution in [3.63, 3.8) is 0 Å². The van der Waals surface area contributed by atoms with Crippen molar-refractivity contribution in [2.45, 2.75) is 12.6 Å². The average molecular weight is 245 g/mol. The SMILES string of the molecule is O=C1C(O)c2sccc2N1Cc1ccccc1. The van der Waals surface area contributed by atoms with Crippen molar-refractivity contribution >= 4 is 22.9 Å². The van der Waals surface area contributed by atoms with Crippen molar-refractivity contribution < 1.29 is 9.90 Å². The van der Waals surface area contributed by atoms with E-state index in [0.717, 1.165) is 16.1 Å². The number of aliphatic hydroxyl groups excluding tert-OH is 1. The topological polar surface area (TPSA) is 40.5 Å². The second-order valence-electron chi connectivity index (χ2n) is 3.98. The Bertz CT molecular complexity index is 550. The van der Waals surface area contributed by atoms with E-state index in [4.69, 9.17) is 0 Å². The van der Waals surface area contributed by atoms with E-state index in [2.05, 4.69) is 0 Å². The molecule has 0 radical (unpaired) electrons. The molecule has 1 aliphatic rings. The summed E-state index contributed by atoms with van der Waals surface area (Å²) in [7, 11) is 0. The summed E-state index contributed by atoms with van der Waals surface area (Å²) in [6.07, 6.45) is -0.978. The van der Waals surface area contributed by atoms with E-state index in [-0.39, 0.29) is 5.91 Å². The predicted octanol–water partition coefficient (Wildman–Crippen LogP) is 2.33. The Kier molecular flexibility index (Phi) is 2.46. The number of fused-ring (bicyclic) bond motifs is 1. The average Bonchev–Trinajstić information content (AvgIpc) is 2.91. The Morgan fingerprint density at radius 2 is 2.00 bits per heavy atom. The maximum Gasteiger partial charge on any atom is 0.261 e. The zero-order valence-corrected chi connectivity index (χ0v) is 9.85. The van der Waals surface area contributed by atoms with Gasteiger partial charge in [0.1, 0.15) is 0 Å². The molecule has 1 atom stereocenters. The quantitative estimate of drug-likeness (QED) is 0.882. The molecule has 1 aliphatic heterocycles. The molecule has 2 heterocycles. The van der Waals surface area contributed by atoms with Gasteiger partial charge >= 0.3 is 0 Å². The van der Waals surface area contributed by atoms with Crippen molar-refractivity contribution in [2.75, 3.05) is 4.90 Å². The Morgan fingerprint density at radius 3 is 2.76 bits per heavy atom. The number of anilines is 1. The van der Waals surface area contributed by atoms with Gasteiger partial charge < -0.3 is 10.0 Å². The Balaban J connectivity index is 1.93. The van der Waals surface area contributed by atoms with E-state index in [1.165, 1.54) is 11.3 Å². The lowest BCUT2D eigenvalue weighted by atomic mass is 10.2. The largest absolute Gasteiger partial charge is 0.378 e. The number of rotatable bonds is 2. The van der Waals surface area contributed by atoms with Gasteiger partial charge in [0.25, 0.3) is 5.91 Å². The van der Waals surface area contributed by atoms with Crippen LogP contribution in [0.5, 0.6) is 0 Å². The van der Waals surface area contributed by atoms with Crippen LogP contribution in [0.25, 0.3) is 0 Å². The molecule has 1 N–H and O–H groups in total. The monoisotopic (exact) mass is 245 g/mol. The molecule has 2 aromatic rings. The number of benzene rings is 1. The minimum atomic E-state index is -0.978. The van der Waals surface area contributed by atoms with Gasteiger partial charge in [0, 0.05) is 0 Å². The number of carbonyl (C=O) groups is 1. The van der Waals surface area contributed by atoms with Crippen LogP contribution in [-0.4, -0.2) is 11.0 Å². The number of hydrogen-bond acceptors (Lipinski definition) is 3. The van der Waals surface area contributed by atoms with Crippen LogP contribution in [0.2, 0.25) is 0 Å². The molecule has 0 spiro atoms. The summed E-state index contributed by atoms with van der Waals surface area (Å²) < 4.78 is 0. The summed E-state index contributed by atoms with van der Waals surface area (Å²) in [6.45, 7) is 0.514. The molecule has 1 amide bonds. The highest BCUT2D eigenvalue weighted by Gasteiger charge is 2.36. The first-order chi connectivity index (χ1) is 8.27. The van der Waals surface area contributed by atoms with E-state index < -0.39 is 6.10 Å². The Hall–Kier alpha value is -1.65. The second kappa shape index (κ2) is 3.98. The van der Waals surface area contributed by atoms with Crippen molar-refractivity contribution in [1.82, 2.24) is 0 Å². The van der Waals surface area contributed by atoms with E-state index in [1.807, 2.05) is 41.8 Å². The third kappa shape index (κ3) is 1.66. The first-order valence-corrected chi connectivity index (χ1v) is 6.26. The van der Waals surface area contributed by atoms with Crippen LogP contribution in [0.1, 0.15) is 16.5 Å².